The molecule has 23 atom stereocenters. The number of hydrogen-bond acceptors (Lipinski definition) is 13. The van der Waals surface area contributed by atoms with E-state index in [0.29, 0.717) is 48.3 Å². The summed E-state index contributed by atoms with van der Waals surface area (Å²) in [6.45, 7) is 8.45. The Labute approximate surface area is 454 Å². The maximum absolute atomic E-state index is 16.9. The zero-order valence-corrected chi connectivity index (χ0v) is 46.0. The lowest BCUT2D eigenvalue weighted by molar-refractivity contribution is -0.300. The molecule has 0 amide bonds. The molecule has 8 aliphatic carbocycles. The van der Waals surface area contributed by atoms with Crippen LogP contribution in [0.25, 0.3) is 0 Å². The number of furan rings is 1. The molecule has 16 rings (SSSR count). The predicted octanol–water partition coefficient (Wildman–Crippen LogP) is 8.53. The number of rotatable bonds is 10. The molecule has 0 aromatic carbocycles. The number of allylic oxidation sites excluding steroid dienone is 1. The van der Waals surface area contributed by atoms with E-state index >= 15 is 14.4 Å². The van der Waals surface area contributed by atoms with E-state index in [1.807, 2.05) is 6.07 Å². The monoisotopic (exact) mass is 1060 g/mol. The molecule has 0 radical (unpaired) electrons. The molecule has 4 N–H and O–H groups in total. The highest BCUT2D eigenvalue weighted by Gasteiger charge is 2.98. The number of esters is 2. The highest BCUT2D eigenvalue weighted by molar-refractivity contribution is 5.94. The third kappa shape index (κ3) is 5.87. The Bertz CT molecular complexity index is 2690. The van der Waals surface area contributed by atoms with Crippen LogP contribution in [0.4, 0.5) is 0 Å². The van der Waals surface area contributed by atoms with Gasteiger partial charge in [0.25, 0.3) is 0 Å². The van der Waals surface area contributed by atoms with Crippen molar-refractivity contribution in [3.05, 3.63) is 47.6 Å². The van der Waals surface area contributed by atoms with Crippen LogP contribution < -0.4 is 5.32 Å². The summed E-state index contributed by atoms with van der Waals surface area (Å²) in [4.78, 5) is 50.2. The van der Waals surface area contributed by atoms with Gasteiger partial charge in [0.05, 0.1) is 48.5 Å². The minimum absolute atomic E-state index is 0.0693. The zero-order valence-electron chi connectivity index (χ0n) is 46.0. The number of ketones is 1. The molecule has 15 aliphatic rings. The molecular weight excluding hydrogens is 973 g/mol. The Kier molecular flexibility index (Phi) is 10.8. The van der Waals surface area contributed by atoms with Gasteiger partial charge < -0.3 is 43.6 Å². The Balaban J connectivity index is 0.854. The van der Waals surface area contributed by atoms with Gasteiger partial charge in [-0.15, -0.1) is 0 Å². The molecule has 1 aromatic rings. The van der Waals surface area contributed by atoms with E-state index in [4.69, 9.17) is 23.4 Å². The van der Waals surface area contributed by atoms with Crippen molar-refractivity contribution in [2.75, 3.05) is 26.4 Å². The molecule has 4 spiro atoms. The molecular formula is C64H86N2O11. The Morgan fingerprint density at radius 1 is 0.896 bits per heavy atom. The average Bonchev–Trinajstić information content (AvgIpc) is 1.59. The molecule has 8 heterocycles. The molecule has 5 bridgehead atoms. The van der Waals surface area contributed by atoms with Crippen molar-refractivity contribution < 1.29 is 53.1 Å². The molecule has 7 aliphatic heterocycles. The normalized spacial score (nSPS) is 51.9. The fourth-order valence-electron chi connectivity index (χ4n) is 24.7. The van der Waals surface area contributed by atoms with Crippen molar-refractivity contribution in [2.24, 2.45) is 98.6 Å². The maximum Gasteiger partial charge on any atom is 0.339 e. The van der Waals surface area contributed by atoms with Crippen LogP contribution in [-0.2, 0) is 39.8 Å². The van der Waals surface area contributed by atoms with E-state index in [1.54, 1.807) is 6.26 Å². The van der Waals surface area contributed by atoms with Crippen molar-refractivity contribution in [1.82, 2.24) is 10.2 Å². The van der Waals surface area contributed by atoms with Crippen molar-refractivity contribution >= 4 is 17.7 Å². The van der Waals surface area contributed by atoms with Crippen LogP contribution in [0.1, 0.15) is 167 Å². The second kappa shape index (κ2) is 16.8. The first kappa shape index (κ1) is 49.7. The van der Waals surface area contributed by atoms with E-state index < -0.39 is 80.7 Å². The van der Waals surface area contributed by atoms with Gasteiger partial charge in [-0.1, -0.05) is 83.8 Å². The molecule has 8 saturated carbocycles. The van der Waals surface area contributed by atoms with Crippen LogP contribution in [0.15, 0.2) is 40.7 Å². The smallest absolute Gasteiger partial charge is 0.339 e. The fraction of sp³-hybridized carbons (Fsp3) is 0.828. The summed E-state index contributed by atoms with van der Waals surface area (Å²) in [5, 5.41) is 40.4. The molecule has 13 fully saturated rings. The SMILES string of the molecule is C[C@H](C[C@H]1C=C2C[C@H]3CCC[C@]34C[C@@H]3C[C@@]5(C)[C@H](c6ccoc6C[C@@H]([C@H]6CC[C@@H]7[C@H](C=CN8CNC[C@@H]78)C6)[C@H](O)CO)OC(=O)[C@H]6O[C@]65[C@]5(C6CCCCC6)[C@H](O)C(=O)[C@@H]6[C@@]1(C)O[C@]21[C@H]4C(=O)OC[C@@]61[C@@H]35)C1CCCCC1. The van der Waals surface area contributed by atoms with Crippen molar-refractivity contribution in [3.63, 3.8) is 0 Å². The van der Waals surface area contributed by atoms with Gasteiger partial charge in [-0.05, 0) is 160 Å². The number of fused-ring (bicyclic) bond motifs is 5. The van der Waals surface area contributed by atoms with Crippen LogP contribution in [0.5, 0.6) is 0 Å². The zero-order chi connectivity index (χ0) is 52.4. The number of cyclic esters (lactones) is 2. The number of aliphatic hydroxyl groups is 3. The summed E-state index contributed by atoms with van der Waals surface area (Å²) in [5.41, 5.74) is -4.96. The van der Waals surface area contributed by atoms with E-state index in [2.05, 4.69) is 49.3 Å². The topological polar surface area (TPSA) is 181 Å². The lowest BCUT2D eigenvalue weighted by Gasteiger charge is -2.72. The summed E-state index contributed by atoms with van der Waals surface area (Å²) in [5.74, 6) is -0.106. The molecule has 77 heavy (non-hydrogen) atoms. The number of ether oxygens (including phenoxy) is 4. The van der Waals surface area contributed by atoms with Gasteiger partial charge in [-0.3, -0.25) is 14.9 Å². The number of nitrogens with one attached hydrogen (secondary N) is 1. The summed E-state index contributed by atoms with van der Waals surface area (Å²) in [7, 11) is 0. The third-order valence-corrected chi connectivity index (χ3v) is 27.2. The minimum Gasteiger partial charge on any atom is -0.469 e. The molecule has 1 aromatic heterocycles. The lowest BCUT2D eigenvalue weighted by atomic mass is 9.30. The minimum atomic E-state index is -1.45. The van der Waals surface area contributed by atoms with E-state index in [9.17, 15) is 15.3 Å². The lowest BCUT2D eigenvalue weighted by Crippen LogP contribution is -2.82. The number of nitrogens with zero attached hydrogens (tertiary/aromatic N) is 1. The fourth-order valence-corrected chi connectivity index (χ4v) is 24.7. The summed E-state index contributed by atoms with van der Waals surface area (Å²) in [6.07, 6.45) is 24.8. The Morgan fingerprint density at radius 3 is 2.49 bits per heavy atom. The van der Waals surface area contributed by atoms with Crippen molar-refractivity contribution in [1.29, 1.82) is 0 Å². The number of carbonyl (C=O) groups excluding carboxylic acids is 3. The standard InChI is InChI=1S/C64H86N2O11/c1-34(35-11-6-4-7-12-35)23-41-26-42-25-40-15-10-20-60(40)29-38-28-58(2)54(44-19-22-73-48(44)27-45(47(68)31-67)36-16-17-43-37(24-36)18-21-66-33-65-30-46(43)66)75-57(72)55-64(58,76-55)62(39-13-8-5-9-14-39)50(38)61-32-74-56(71)52(60)63(42,61)77-59(41,3)51(61)49(69)53(62)70/h18-19,21-22,26,34-41,43,45-47,50-55,65,67-68,70H,4-17,20,23-25,27-33H2,1-3H3/t34-,36+,37-,38+,40-,41+,43-,45+,46+,47-,50-,51-,52+,53-,54+,55-,58+,59+,60+,61-,62+,63+,64-/m1/s1. The van der Waals surface area contributed by atoms with E-state index in [0.717, 1.165) is 109 Å². The Hall–Kier alpha value is -3.07. The van der Waals surface area contributed by atoms with E-state index in [-0.39, 0.29) is 66.4 Å². The average molecular weight is 1060 g/mol. The van der Waals surface area contributed by atoms with Crippen LogP contribution in [0, 0.1) is 98.6 Å². The Morgan fingerprint density at radius 2 is 1.69 bits per heavy atom. The van der Waals surface area contributed by atoms with Crippen LogP contribution >= 0.6 is 0 Å². The van der Waals surface area contributed by atoms with Gasteiger partial charge in [0.1, 0.15) is 35.8 Å². The highest BCUT2D eigenvalue weighted by Crippen LogP contribution is 2.90. The second-order valence-corrected chi connectivity index (χ2v) is 29.5. The van der Waals surface area contributed by atoms with Crippen molar-refractivity contribution in [3.8, 4) is 0 Å². The van der Waals surface area contributed by atoms with Crippen LogP contribution in [0.3, 0.4) is 0 Å². The van der Waals surface area contributed by atoms with Gasteiger partial charge >= 0.3 is 11.9 Å². The largest absolute Gasteiger partial charge is 0.469 e. The van der Waals surface area contributed by atoms with Crippen LogP contribution in [0.2, 0.25) is 0 Å². The molecule has 0 unspecified atom stereocenters. The molecule has 5 saturated heterocycles. The number of carbonyl (C=O) groups is 3. The van der Waals surface area contributed by atoms with Gasteiger partial charge in [-0.2, -0.15) is 0 Å². The number of hydrogen-bond donors (Lipinski definition) is 4. The first-order valence-corrected chi connectivity index (χ1v) is 31.4. The molecule has 418 valence electrons. The van der Waals surface area contributed by atoms with Gasteiger partial charge in [0.15, 0.2) is 11.9 Å². The maximum atomic E-state index is 16.9. The first-order chi connectivity index (χ1) is 37.2. The summed E-state index contributed by atoms with van der Waals surface area (Å²) in [6, 6.07) is 2.43. The second-order valence-electron chi connectivity index (χ2n) is 29.5. The number of epoxide rings is 1. The van der Waals surface area contributed by atoms with Crippen LogP contribution in [-0.4, -0.2) is 106 Å². The van der Waals surface area contributed by atoms with Gasteiger partial charge in [0, 0.05) is 41.3 Å². The number of aliphatic hydroxyl groups excluding tert-OH is 3. The van der Waals surface area contributed by atoms with E-state index in [1.165, 1.54) is 37.7 Å². The third-order valence-electron chi connectivity index (χ3n) is 27.2. The summed E-state index contributed by atoms with van der Waals surface area (Å²) >= 11 is 0. The molecule has 13 heteroatoms. The quantitative estimate of drug-likeness (QED) is 0.0996. The van der Waals surface area contributed by atoms with Crippen molar-refractivity contribution in [2.45, 2.75) is 203 Å². The highest BCUT2D eigenvalue weighted by atomic mass is 16.7. The number of Topliss-reactive ketones (excluding diaryl/α,β-unsaturated/α-hetero) is 1. The van der Waals surface area contributed by atoms with Gasteiger partial charge in [0.2, 0.25) is 0 Å². The first-order valence-electron chi connectivity index (χ1n) is 31.4. The molecule has 13 nitrogen and oxygen atoms in total. The predicted molar refractivity (Wildman–Crippen MR) is 281 cm³/mol. The van der Waals surface area contributed by atoms with Gasteiger partial charge in [-0.25, -0.2) is 4.79 Å². The summed E-state index contributed by atoms with van der Waals surface area (Å²) < 4.78 is 36.1.